The number of carbonyl (C=O) groups is 2. The van der Waals surface area contributed by atoms with Crippen LogP contribution >= 0.6 is 0 Å². The topological polar surface area (TPSA) is 88.2 Å². The normalized spacial score (nSPS) is 10.5. The summed E-state index contributed by atoms with van der Waals surface area (Å²) in [6, 6.07) is 19.0. The molecule has 2 heterocycles. The van der Waals surface area contributed by atoms with Gasteiger partial charge in [0.25, 0.3) is 0 Å². The van der Waals surface area contributed by atoms with E-state index >= 15 is 0 Å². The van der Waals surface area contributed by atoms with Gasteiger partial charge >= 0.3 is 11.9 Å². The molecule has 150 valence electrons. The third-order valence-electron chi connectivity index (χ3n) is 4.21. The highest BCUT2D eigenvalue weighted by atomic mass is 16.7. The van der Waals surface area contributed by atoms with Crippen LogP contribution in [0.5, 0.6) is 0 Å². The Morgan fingerprint density at radius 2 is 1.07 bits per heavy atom. The molecule has 30 heavy (non-hydrogen) atoms. The van der Waals surface area contributed by atoms with Crippen molar-refractivity contribution in [1.29, 1.82) is 0 Å². The summed E-state index contributed by atoms with van der Waals surface area (Å²) in [5.41, 5.74) is 3.17. The van der Waals surface area contributed by atoms with Gasteiger partial charge in [-0.25, -0.2) is 19.6 Å². The van der Waals surface area contributed by atoms with E-state index in [-0.39, 0.29) is 12.8 Å². The van der Waals surface area contributed by atoms with Crippen LogP contribution in [0.25, 0.3) is 22.5 Å². The molecule has 2 aromatic heterocycles. The molecule has 0 amide bonds. The molecule has 0 spiro atoms. The average Bonchev–Trinajstić information content (AvgIpc) is 3.43. The molecular formula is C22H18N4O4. The van der Waals surface area contributed by atoms with Crippen LogP contribution in [0, 0.1) is 0 Å². The standard InChI is InChI=1S/C22H18N4O4/c27-21(29-25-13-19(23-15-25)17-7-3-1-4-8-17)11-12-22(28)30-26-14-20(24-16-26)18-9-5-2-6-10-18/h1-10,13-16H,11-12H2. The third kappa shape index (κ3) is 4.79. The number of aromatic nitrogens is 4. The number of rotatable bonds is 7. The Morgan fingerprint density at radius 3 is 1.47 bits per heavy atom. The number of carbonyl (C=O) groups excluding carboxylic acids is 2. The van der Waals surface area contributed by atoms with Crippen molar-refractivity contribution in [1.82, 2.24) is 19.4 Å². The number of imidazole rings is 2. The molecule has 4 aromatic rings. The third-order valence-corrected chi connectivity index (χ3v) is 4.21. The molecule has 0 unspecified atom stereocenters. The van der Waals surface area contributed by atoms with Gasteiger partial charge in [-0.1, -0.05) is 60.7 Å². The van der Waals surface area contributed by atoms with Gasteiger partial charge in [-0.05, 0) is 0 Å². The van der Waals surface area contributed by atoms with Crippen molar-refractivity contribution in [2.45, 2.75) is 12.8 Å². The molecule has 0 fully saturated rings. The fraction of sp³-hybridized carbons (Fsp3) is 0.0909. The molecule has 0 saturated heterocycles. The van der Waals surface area contributed by atoms with E-state index in [9.17, 15) is 9.59 Å². The number of benzene rings is 2. The minimum absolute atomic E-state index is 0.127. The zero-order chi connectivity index (χ0) is 20.8. The zero-order valence-corrected chi connectivity index (χ0v) is 15.9. The molecule has 4 rings (SSSR count). The monoisotopic (exact) mass is 402 g/mol. The minimum atomic E-state index is -0.570. The molecule has 0 bridgehead atoms. The average molecular weight is 402 g/mol. The second-order valence-electron chi connectivity index (χ2n) is 6.40. The van der Waals surface area contributed by atoms with E-state index in [1.165, 1.54) is 22.1 Å². The number of nitrogens with zero attached hydrogens (tertiary/aromatic N) is 4. The predicted octanol–water partition coefficient (Wildman–Crippen LogP) is 2.80. The maximum absolute atomic E-state index is 12.0. The van der Waals surface area contributed by atoms with E-state index in [2.05, 4.69) is 9.97 Å². The smallest absolute Gasteiger partial charge is 0.333 e. The first kappa shape index (κ1) is 19.1. The van der Waals surface area contributed by atoms with Crippen molar-refractivity contribution in [3.05, 3.63) is 85.7 Å². The Morgan fingerprint density at radius 1 is 0.667 bits per heavy atom. The molecule has 8 nitrogen and oxygen atoms in total. The first-order valence-electron chi connectivity index (χ1n) is 9.28. The van der Waals surface area contributed by atoms with Crippen molar-refractivity contribution < 1.29 is 19.3 Å². The lowest BCUT2D eigenvalue weighted by atomic mass is 10.2. The van der Waals surface area contributed by atoms with Crippen molar-refractivity contribution >= 4 is 11.9 Å². The Labute approximate surface area is 172 Å². The van der Waals surface area contributed by atoms with Crippen molar-refractivity contribution in [3.63, 3.8) is 0 Å². The van der Waals surface area contributed by atoms with Crippen LogP contribution in [0.2, 0.25) is 0 Å². The molecular weight excluding hydrogens is 384 g/mol. The zero-order valence-electron chi connectivity index (χ0n) is 15.9. The van der Waals surface area contributed by atoms with Crippen molar-refractivity contribution in [2.75, 3.05) is 0 Å². The number of hydrogen-bond acceptors (Lipinski definition) is 6. The fourth-order valence-electron chi connectivity index (χ4n) is 2.76. The minimum Gasteiger partial charge on any atom is -0.336 e. The molecule has 8 heteroatoms. The predicted molar refractivity (Wildman–Crippen MR) is 108 cm³/mol. The molecule has 0 atom stereocenters. The molecule has 2 aromatic carbocycles. The quantitative estimate of drug-likeness (QED) is 0.472. The van der Waals surface area contributed by atoms with Crippen LogP contribution in [0.4, 0.5) is 0 Å². The summed E-state index contributed by atoms with van der Waals surface area (Å²) in [6.07, 6.45) is 5.74. The second kappa shape index (κ2) is 8.87. The van der Waals surface area contributed by atoms with E-state index in [1.54, 1.807) is 12.4 Å². The first-order valence-corrected chi connectivity index (χ1v) is 9.28. The summed E-state index contributed by atoms with van der Waals surface area (Å²) >= 11 is 0. The molecule has 0 radical (unpaired) electrons. The largest absolute Gasteiger partial charge is 0.336 e. The Bertz CT molecular complexity index is 1040. The van der Waals surface area contributed by atoms with E-state index in [1.807, 2.05) is 60.7 Å². The summed E-state index contributed by atoms with van der Waals surface area (Å²) in [7, 11) is 0. The SMILES string of the molecule is O=C(CCC(=O)On1cnc(-c2ccccc2)c1)On1cnc(-c2ccccc2)c1. The van der Waals surface area contributed by atoms with Gasteiger partial charge in [0.2, 0.25) is 0 Å². The highest BCUT2D eigenvalue weighted by Gasteiger charge is 2.13. The van der Waals surface area contributed by atoms with Gasteiger partial charge in [-0.2, -0.15) is 9.46 Å². The summed E-state index contributed by atoms with van der Waals surface area (Å²) in [5, 5.41) is 0. The Balaban J connectivity index is 1.26. The number of hydrogen-bond donors (Lipinski definition) is 0. The van der Waals surface area contributed by atoms with Gasteiger partial charge in [0.05, 0.1) is 36.6 Å². The summed E-state index contributed by atoms with van der Waals surface area (Å²) in [5.74, 6) is -1.14. The van der Waals surface area contributed by atoms with Crippen molar-refractivity contribution in [2.24, 2.45) is 0 Å². The lowest BCUT2D eigenvalue weighted by Gasteiger charge is -2.04. The van der Waals surface area contributed by atoms with E-state index in [4.69, 9.17) is 9.68 Å². The Hall–Kier alpha value is -4.20. The maximum atomic E-state index is 12.0. The molecule has 0 N–H and O–H groups in total. The first-order chi connectivity index (χ1) is 14.7. The molecule has 0 aliphatic rings. The van der Waals surface area contributed by atoms with Gasteiger partial charge in [0, 0.05) is 11.1 Å². The molecule has 0 aliphatic heterocycles. The van der Waals surface area contributed by atoms with Gasteiger partial charge in [-0.3, -0.25) is 0 Å². The lowest BCUT2D eigenvalue weighted by Crippen LogP contribution is -2.22. The van der Waals surface area contributed by atoms with Crippen LogP contribution in [0.1, 0.15) is 12.8 Å². The van der Waals surface area contributed by atoms with Gasteiger partial charge in [0.1, 0.15) is 12.7 Å². The summed E-state index contributed by atoms with van der Waals surface area (Å²) in [6.45, 7) is 0. The van der Waals surface area contributed by atoms with Crippen LogP contribution < -0.4 is 9.68 Å². The van der Waals surface area contributed by atoms with Crippen LogP contribution in [-0.2, 0) is 9.59 Å². The van der Waals surface area contributed by atoms with E-state index < -0.39 is 11.9 Å². The summed E-state index contributed by atoms with van der Waals surface area (Å²) in [4.78, 5) is 42.8. The summed E-state index contributed by atoms with van der Waals surface area (Å²) < 4.78 is 2.44. The Kier molecular flexibility index (Phi) is 5.66. The van der Waals surface area contributed by atoms with Gasteiger partial charge in [0.15, 0.2) is 0 Å². The maximum Gasteiger partial charge on any atom is 0.333 e. The second-order valence-corrected chi connectivity index (χ2v) is 6.40. The molecule has 0 aliphatic carbocycles. The molecule has 0 saturated carbocycles. The van der Waals surface area contributed by atoms with Gasteiger partial charge < -0.3 is 9.68 Å². The van der Waals surface area contributed by atoms with Gasteiger partial charge in [-0.15, -0.1) is 0 Å². The van der Waals surface area contributed by atoms with Crippen LogP contribution in [-0.4, -0.2) is 31.4 Å². The van der Waals surface area contributed by atoms with E-state index in [0.717, 1.165) is 11.1 Å². The van der Waals surface area contributed by atoms with Crippen molar-refractivity contribution in [3.8, 4) is 22.5 Å². The lowest BCUT2D eigenvalue weighted by molar-refractivity contribution is -0.150. The van der Waals surface area contributed by atoms with E-state index in [0.29, 0.717) is 11.4 Å². The fourth-order valence-corrected chi connectivity index (χ4v) is 2.76. The highest BCUT2D eigenvalue weighted by molar-refractivity contribution is 5.78. The van der Waals surface area contributed by atoms with Crippen LogP contribution in [0.15, 0.2) is 85.7 Å². The van der Waals surface area contributed by atoms with Crippen LogP contribution in [0.3, 0.4) is 0 Å². The highest BCUT2D eigenvalue weighted by Crippen LogP contribution is 2.16.